The van der Waals surface area contributed by atoms with Crippen molar-refractivity contribution in [3.8, 4) is 5.75 Å². The van der Waals surface area contributed by atoms with Crippen molar-refractivity contribution in [2.75, 3.05) is 0 Å². The first-order valence-electron chi connectivity index (χ1n) is 5.06. The summed E-state index contributed by atoms with van der Waals surface area (Å²) in [6.07, 6.45) is 0. The van der Waals surface area contributed by atoms with Crippen molar-refractivity contribution in [1.29, 1.82) is 0 Å². The van der Waals surface area contributed by atoms with Crippen LogP contribution < -0.4 is 4.74 Å². The van der Waals surface area contributed by atoms with Gasteiger partial charge in [0.15, 0.2) is 0 Å². The molecular formula is C13H10Br2O2. The van der Waals surface area contributed by atoms with Crippen LogP contribution >= 0.6 is 31.9 Å². The number of rotatable bonds is 2. The van der Waals surface area contributed by atoms with E-state index in [-0.39, 0.29) is 9.71 Å². The molecule has 0 radical (unpaired) electrons. The Balaban J connectivity index is 2.43. The summed E-state index contributed by atoms with van der Waals surface area (Å²) in [6.45, 7) is 1.40. The summed E-state index contributed by atoms with van der Waals surface area (Å²) in [5, 5.41) is 2.16. The zero-order valence-corrected chi connectivity index (χ0v) is 12.3. The predicted octanol–water partition coefficient (Wildman–Crippen LogP) is 4.55. The molecule has 0 aliphatic carbocycles. The molecule has 0 spiro atoms. The molecule has 0 bridgehead atoms. The molecule has 4 heteroatoms. The SMILES string of the molecule is CC(=O)Oc1ccc2cc(C(Br)Br)ccc2c1. The van der Waals surface area contributed by atoms with Gasteiger partial charge in [-0.15, -0.1) is 0 Å². The molecule has 0 aliphatic heterocycles. The van der Waals surface area contributed by atoms with Gasteiger partial charge >= 0.3 is 5.97 Å². The minimum absolute atomic E-state index is 0.146. The molecule has 0 amide bonds. The van der Waals surface area contributed by atoms with Crippen LogP contribution in [0, 0.1) is 0 Å². The molecule has 0 saturated carbocycles. The Morgan fingerprint density at radius 1 is 1.12 bits per heavy atom. The van der Waals surface area contributed by atoms with Crippen molar-refractivity contribution < 1.29 is 9.53 Å². The summed E-state index contributed by atoms with van der Waals surface area (Å²) in [5.41, 5.74) is 1.15. The highest BCUT2D eigenvalue weighted by molar-refractivity contribution is 9.24. The molecule has 0 fully saturated rings. The number of hydrogen-bond acceptors (Lipinski definition) is 2. The number of carbonyl (C=O) groups excluding carboxylic acids is 1. The fourth-order valence-corrected chi connectivity index (χ4v) is 2.18. The van der Waals surface area contributed by atoms with Gasteiger partial charge in [0.1, 0.15) is 5.75 Å². The Morgan fingerprint density at radius 3 is 2.41 bits per heavy atom. The summed E-state index contributed by atoms with van der Waals surface area (Å²) in [4.78, 5) is 10.9. The summed E-state index contributed by atoms with van der Waals surface area (Å²) >= 11 is 6.93. The van der Waals surface area contributed by atoms with Crippen molar-refractivity contribution in [3.63, 3.8) is 0 Å². The Bertz CT molecular complexity index is 564. The number of fused-ring (bicyclic) bond motifs is 1. The first kappa shape index (κ1) is 12.6. The van der Waals surface area contributed by atoms with E-state index in [9.17, 15) is 4.79 Å². The zero-order chi connectivity index (χ0) is 12.4. The zero-order valence-electron chi connectivity index (χ0n) is 9.11. The van der Waals surface area contributed by atoms with Crippen molar-refractivity contribution in [2.24, 2.45) is 0 Å². The van der Waals surface area contributed by atoms with Crippen LogP contribution in [0.2, 0.25) is 0 Å². The number of esters is 1. The van der Waals surface area contributed by atoms with E-state index in [1.54, 1.807) is 6.07 Å². The normalized spacial score (nSPS) is 10.8. The highest BCUT2D eigenvalue weighted by Crippen LogP contribution is 2.32. The first-order chi connectivity index (χ1) is 8.06. The van der Waals surface area contributed by atoms with Gasteiger partial charge in [-0.3, -0.25) is 4.79 Å². The number of carbonyl (C=O) groups is 1. The molecule has 2 rings (SSSR count). The smallest absolute Gasteiger partial charge is 0.308 e. The van der Waals surface area contributed by atoms with Crippen LogP contribution in [0.25, 0.3) is 10.8 Å². The Morgan fingerprint density at radius 2 is 1.76 bits per heavy atom. The van der Waals surface area contributed by atoms with Crippen LogP contribution in [-0.2, 0) is 4.79 Å². The average Bonchev–Trinajstić information content (AvgIpc) is 2.27. The third-order valence-electron chi connectivity index (χ3n) is 2.35. The van der Waals surface area contributed by atoms with E-state index in [0.717, 1.165) is 16.3 Å². The molecule has 2 nitrogen and oxygen atoms in total. The van der Waals surface area contributed by atoms with Gasteiger partial charge in [-0.1, -0.05) is 50.1 Å². The van der Waals surface area contributed by atoms with Gasteiger partial charge in [-0.2, -0.15) is 0 Å². The van der Waals surface area contributed by atoms with Gasteiger partial charge in [-0.05, 0) is 34.5 Å². The lowest BCUT2D eigenvalue weighted by Crippen LogP contribution is -2.00. The second kappa shape index (κ2) is 5.19. The van der Waals surface area contributed by atoms with Crippen LogP contribution in [0.3, 0.4) is 0 Å². The van der Waals surface area contributed by atoms with Gasteiger partial charge in [0.2, 0.25) is 0 Å². The second-order valence-electron chi connectivity index (χ2n) is 3.66. The van der Waals surface area contributed by atoms with Crippen molar-refractivity contribution >= 4 is 48.6 Å². The van der Waals surface area contributed by atoms with E-state index in [1.807, 2.05) is 24.3 Å². The fourth-order valence-electron chi connectivity index (χ4n) is 1.61. The molecule has 0 N–H and O–H groups in total. The molecule has 88 valence electrons. The number of alkyl halides is 2. The van der Waals surface area contributed by atoms with Crippen LogP contribution in [0.15, 0.2) is 36.4 Å². The maximum absolute atomic E-state index is 10.9. The summed E-state index contributed by atoms with van der Waals surface area (Å²) in [7, 11) is 0. The Kier molecular flexibility index (Phi) is 3.84. The number of hydrogen-bond donors (Lipinski definition) is 0. The van der Waals surface area contributed by atoms with E-state index in [4.69, 9.17) is 4.74 Å². The molecule has 0 aliphatic rings. The predicted molar refractivity (Wildman–Crippen MR) is 75.9 cm³/mol. The van der Waals surface area contributed by atoms with Crippen molar-refractivity contribution in [2.45, 2.75) is 10.7 Å². The largest absolute Gasteiger partial charge is 0.427 e. The monoisotopic (exact) mass is 356 g/mol. The lowest BCUT2D eigenvalue weighted by Gasteiger charge is -2.06. The van der Waals surface area contributed by atoms with Crippen LogP contribution in [0.5, 0.6) is 5.75 Å². The van der Waals surface area contributed by atoms with Gasteiger partial charge in [0.05, 0.1) is 3.74 Å². The van der Waals surface area contributed by atoms with Crippen LogP contribution in [0.1, 0.15) is 16.2 Å². The molecule has 0 heterocycles. The molecule has 0 saturated heterocycles. The molecule has 0 unspecified atom stereocenters. The van der Waals surface area contributed by atoms with E-state index in [2.05, 4.69) is 37.9 Å². The maximum Gasteiger partial charge on any atom is 0.308 e. The third-order valence-corrected chi connectivity index (χ3v) is 3.41. The topological polar surface area (TPSA) is 26.3 Å². The quantitative estimate of drug-likeness (QED) is 0.447. The standard InChI is InChI=1S/C13H10Br2O2/c1-8(16)17-12-5-4-9-6-11(13(14)15)3-2-10(9)7-12/h2-7,13H,1H3. The van der Waals surface area contributed by atoms with Crippen molar-refractivity contribution in [1.82, 2.24) is 0 Å². The highest BCUT2D eigenvalue weighted by atomic mass is 79.9. The van der Waals surface area contributed by atoms with E-state index >= 15 is 0 Å². The van der Waals surface area contributed by atoms with E-state index in [1.165, 1.54) is 6.92 Å². The number of ether oxygens (including phenoxy) is 1. The number of benzene rings is 2. The van der Waals surface area contributed by atoms with Crippen LogP contribution in [0.4, 0.5) is 0 Å². The molecular weight excluding hydrogens is 348 g/mol. The lowest BCUT2D eigenvalue weighted by atomic mass is 10.1. The fraction of sp³-hybridized carbons (Fsp3) is 0.154. The van der Waals surface area contributed by atoms with E-state index < -0.39 is 0 Å². The Hall–Kier alpha value is -0.870. The lowest BCUT2D eigenvalue weighted by molar-refractivity contribution is -0.131. The first-order valence-corrected chi connectivity index (χ1v) is 6.89. The minimum Gasteiger partial charge on any atom is -0.427 e. The summed E-state index contributed by atoms with van der Waals surface area (Å²) < 4.78 is 5.19. The molecule has 2 aromatic carbocycles. The van der Waals surface area contributed by atoms with Gasteiger partial charge in [-0.25, -0.2) is 0 Å². The molecule has 0 atom stereocenters. The van der Waals surface area contributed by atoms with Gasteiger partial charge in [0.25, 0.3) is 0 Å². The maximum atomic E-state index is 10.9. The van der Waals surface area contributed by atoms with Crippen molar-refractivity contribution in [3.05, 3.63) is 42.0 Å². The van der Waals surface area contributed by atoms with E-state index in [0.29, 0.717) is 5.75 Å². The number of halogens is 2. The Labute approximate surface area is 116 Å². The second-order valence-corrected chi connectivity index (χ2v) is 6.72. The highest BCUT2D eigenvalue weighted by Gasteiger charge is 2.05. The summed E-state index contributed by atoms with van der Waals surface area (Å²) in [6, 6.07) is 11.7. The third kappa shape index (κ3) is 3.07. The summed E-state index contributed by atoms with van der Waals surface area (Å²) in [5.74, 6) is 0.272. The van der Waals surface area contributed by atoms with Gasteiger partial charge in [0, 0.05) is 6.92 Å². The van der Waals surface area contributed by atoms with Crippen LogP contribution in [-0.4, -0.2) is 5.97 Å². The molecule has 0 aromatic heterocycles. The van der Waals surface area contributed by atoms with Gasteiger partial charge < -0.3 is 4.74 Å². The average molecular weight is 358 g/mol. The molecule has 2 aromatic rings. The molecule has 17 heavy (non-hydrogen) atoms. The minimum atomic E-state index is -0.304.